The molecule has 1 aromatic carbocycles. The Bertz CT molecular complexity index is 528. The third kappa shape index (κ3) is 3.04. The Morgan fingerprint density at radius 3 is 3.00 bits per heavy atom. The first-order valence-corrected chi connectivity index (χ1v) is 6.54. The summed E-state index contributed by atoms with van der Waals surface area (Å²) < 4.78 is 0.788. The van der Waals surface area contributed by atoms with Gasteiger partial charge in [0.2, 0.25) is 0 Å². The fraction of sp³-hybridized carbons (Fsp3) is 0.0909. The number of amides is 1. The molecule has 1 amide bonds. The molecule has 0 fully saturated rings. The van der Waals surface area contributed by atoms with E-state index in [9.17, 15) is 4.79 Å². The maximum Gasteiger partial charge on any atom is 0.251 e. The van der Waals surface area contributed by atoms with Gasteiger partial charge in [-0.25, -0.2) is 0 Å². The Labute approximate surface area is 111 Å². The van der Waals surface area contributed by atoms with E-state index in [1.165, 1.54) is 11.3 Å². The van der Waals surface area contributed by atoms with Crippen molar-refractivity contribution in [2.45, 2.75) is 6.54 Å². The van der Waals surface area contributed by atoms with Gasteiger partial charge in [0.05, 0.1) is 12.1 Å². The van der Waals surface area contributed by atoms with Crippen LogP contribution >= 0.6 is 27.3 Å². The van der Waals surface area contributed by atoms with Crippen LogP contribution in [0.5, 0.6) is 0 Å². The van der Waals surface area contributed by atoms with Gasteiger partial charge in [0.1, 0.15) is 0 Å². The van der Waals surface area contributed by atoms with E-state index in [1.54, 1.807) is 29.9 Å². The maximum atomic E-state index is 11.8. The van der Waals surface area contributed by atoms with Gasteiger partial charge in [0, 0.05) is 26.8 Å². The van der Waals surface area contributed by atoms with Crippen molar-refractivity contribution >= 4 is 38.9 Å². The Balaban J connectivity index is 2.02. The summed E-state index contributed by atoms with van der Waals surface area (Å²) in [4.78, 5) is 16.8. The highest BCUT2D eigenvalue weighted by Gasteiger charge is 2.07. The molecule has 2 rings (SSSR count). The summed E-state index contributed by atoms with van der Waals surface area (Å²) in [5.74, 6) is -0.141. The molecule has 1 heterocycles. The van der Waals surface area contributed by atoms with E-state index < -0.39 is 0 Å². The Kier molecular flexibility index (Phi) is 3.75. The van der Waals surface area contributed by atoms with Crippen molar-refractivity contribution in [2.24, 2.45) is 0 Å². The lowest BCUT2D eigenvalue weighted by Crippen LogP contribution is -2.22. The largest absolute Gasteiger partial charge is 0.398 e. The van der Waals surface area contributed by atoms with Gasteiger partial charge in [0.25, 0.3) is 5.91 Å². The highest BCUT2D eigenvalue weighted by molar-refractivity contribution is 9.10. The number of hydrogen-bond acceptors (Lipinski definition) is 4. The highest BCUT2D eigenvalue weighted by atomic mass is 79.9. The molecule has 0 atom stereocenters. The lowest BCUT2D eigenvalue weighted by molar-refractivity contribution is 0.0951. The Morgan fingerprint density at radius 2 is 2.35 bits per heavy atom. The summed E-state index contributed by atoms with van der Waals surface area (Å²) in [5.41, 5.74) is 8.55. The number of anilines is 1. The van der Waals surface area contributed by atoms with Gasteiger partial charge in [-0.15, -0.1) is 11.3 Å². The average Bonchev–Trinajstić information content (AvgIpc) is 2.82. The molecule has 0 saturated carbocycles. The number of nitrogens with two attached hydrogens (primary N) is 1. The van der Waals surface area contributed by atoms with Crippen LogP contribution in [0.3, 0.4) is 0 Å². The van der Waals surface area contributed by atoms with E-state index >= 15 is 0 Å². The summed E-state index contributed by atoms with van der Waals surface area (Å²) in [6.07, 6.45) is 1.74. The molecular weight excluding hydrogens is 302 g/mol. The Morgan fingerprint density at radius 1 is 1.53 bits per heavy atom. The van der Waals surface area contributed by atoms with Crippen LogP contribution < -0.4 is 11.1 Å². The lowest BCUT2D eigenvalue weighted by Gasteiger charge is -2.05. The molecule has 2 aromatic rings. The minimum atomic E-state index is -0.141. The molecule has 0 radical (unpaired) electrons. The number of benzene rings is 1. The first-order valence-electron chi connectivity index (χ1n) is 4.87. The third-order valence-corrected chi connectivity index (χ3v) is 3.67. The molecule has 0 spiro atoms. The van der Waals surface area contributed by atoms with Crippen LogP contribution in [0, 0.1) is 0 Å². The van der Waals surface area contributed by atoms with Gasteiger partial charge >= 0.3 is 0 Å². The monoisotopic (exact) mass is 311 g/mol. The van der Waals surface area contributed by atoms with Crippen LogP contribution in [0.1, 0.15) is 15.2 Å². The van der Waals surface area contributed by atoms with Gasteiger partial charge < -0.3 is 11.1 Å². The number of nitrogen functional groups attached to an aromatic ring is 1. The predicted molar refractivity (Wildman–Crippen MR) is 71.8 cm³/mol. The van der Waals surface area contributed by atoms with Crippen molar-refractivity contribution in [2.75, 3.05) is 5.73 Å². The molecule has 6 heteroatoms. The third-order valence-electron chi connectivity index (χ3n) is 2.16. The van der Waals surface area contributed by atoms with Crippen LogP contribution in [0.4, 0.5) is 5.69 Å². The van der Waals surface area contributed by atoms with Crippen molar-refractivity contribution in [1.82, 2.24) is 10.3 Å². The zero-order valence-electron chi connectivity index (χ0n) is 8.81. The van der Waals surface area contributed by atoms with E-state index in [2.05, 4.69) is 26.2 Å². The molecule has 3 N–H and O–H groups in total. The van der Waals surface area contributed by atoms with Crippen molar-refractivity contribution in [3.63, 3.8) is 0 Å². The van der Waals surface area contributed by atoms with Gasteiger partial charge in [-0.05, 0) is 34.1 Å². The number of hydrogen-bond donors (Lipinski definition) is 2. The molecule has 17 heavy (non-hydrogen) atoms. The second-order valence-corrected chi connectivity index (χ2v) is 5.21. The van der Waals surface area contributed by atoms with Gasteiger partial charge in [-0.2, -0.15) is 0 Å². The van der Waals surface area contributed by atoms with E-state index in [1.807, 2.05) is 0 Å². The standard InChI is InChI=1S/C11H10BrN3OS/c12-9-2-1-7(3-10(9)13)11(16)15-5-8-4-14-6-17-8/h1-4,6H,5,13H2,(H,15,16). The minimum Gasteiger partial charge on any atom is -0.398 e. The summed E-state index contributed by atoms with van der Waals surface area (Å²) in [7, 11) is 0. The molecule has 0 aliphatic rings. The fourth-order valence-electron chi connectivity index (χ4n) is 1.28. The van der Waals surface area contributed by atoms with Crippen LogP contribution in [0.15, 0.2) is 34.4 Å². The van der Waals surface area contributed by atoms with Crippen molar-refractivity contribution in [3.8, 4) is 0 Å². The number of carbonyl (C=O) groups excluding carboxylic acids is 1. The topological polar surface area (TPSA) is 68.0 Å². The summed E-state index contributed by atoms with van der Waals surface area (Å²) in [6, 6.07) is 5.13. The number of nitrogens with one attached hydrogen (secondary N) is 1. The quantitative estimate of drug-likeness (QED) is 0.855. The normalized spacial score (nSPS) is 10.2. The minimum absolute atomic E-state index is 0.141. The first-order chi connectivity index (χ1) is 8.16. The number of thiazole rings is 1. The van der Waals surface area contributed by atoms with E-state index in [-0.39, 0.29) is 5.91 Å². The van der Waals surface area contributed by atoms with Gasteiger partial charge in [-0.3, -0.25) is 9.78 Å². The smallest absolute Gasteiger partial charge is 0.251 e. The second kappa shape index (κ2) is 5.29. The lowest BCUT2D eigenvalue weighted by atomic mass is 10.2. The summed E-state index contributed by atoms with van der Waals surface area (Å²) in [5, 5.41) is 2.81. The van der Waals surface area contributed by atoms with Gasteiger partial charge in [0.15, 0.2) is 0 Å². The van der Waals surface area contributed by atoms with E-state index in [0.29, 0.717) is 17.8 Å². The molecule has 0 aliphatic carbocycles. The van der Waals surface area contributed by atoms with Crippen molar-refractivity contribution in [1.29, 1.82) is 0 Å². The predicted octanol–water partition coefficient (Wildman–Crippen LogP) is 2.42. The summed E-state index contributed by atoms with van der Waals surface area (Å²) >= 11 is 4.79. The molecule has 88 valence electrons. The number of rotatable bonds is 3. The maximum absolute atomic E-state index is 11.8. The number of halogens is 1. The zero-order chi connectivity index (χ0) is 12.3. The van der Waals surface area contributed by atoms with E-state index in [0.717, 1.165) is 9.35 Å². The van der Waals surface area contributed by atoms with Gasteiger partial charge in [-0.1, -0.05) is 0 Å². The highest BCUT2D eigenvalue weighted by Crippen LogP contribution is 2.20. The SMILES string of the molecule is Nc1cc(C(=O)NCc2cncs2)ccc1Br. The average molecular weight is 312 g/mol. The second-order valence-electron chi connectivity index (χ2n) is 3.39. The summed E-state index contributed by atoms with van der Waals surface area (Å²) in [6.45, 7) is 0.486. The fourth-order valence-corrected chi connectivity index (χ4v) is 2.06. The number of aromatic nitrogens is 1. The van der Waals surface area contributed by atoms with Crippen LogP contribution in [0.25, 0.3) is 0 Å². The molecule has 4 nitrogen and oxygen atoms in total. The van der Waals surface area contributed by atoms with Crippen molar-refractivity contribution in [3.05, 3.63) is 44.8 Å². The molecule has 0 unspecified atom stereocenters. The van der Waals surface area contributed by atoms with E-state index in [4.69, 9.17) is 5.73 Å². The number of carbonyl (C=O) groups is 1. The zero-order valence-corrected chi connectivity index (χ0v) is 11.2. The molecule has 0 bridgehead atoms. The van der Waals surface area contributed by atoms with Crippen LogP contribution in [0.2, 0.25) is 0 Å². The molecular formula is C11H10BrN3OS. The van der Waals surface area contributed by atoms with Crippen molar-refractivity contribution < 1.29 is 4.79 Å². The molecule has 1 aromatic heterocycles. The first kappa shape index (κ1) is 12.1. The molecule has 0 aliphatic heterocycles. The van der Waals surface area contributed by atoms with Crippen LogP contribution in [-0.4, -0.2) is 10.9 Å². The van der Waals surface area contributed by atoms with Crippen LogP contribution in [-0.2, 0) is 6.54 Å². The molecule has 0 saturated heterocycles. The Hall–Kier alpha value is -1.40. The number of nitrogens with zero attached hydrogens (tertiary/aromatic N) is 1.